The van der Waals surface area contributed by atoms with E-state index in [0.29, 0.717) is 29.4 Å². The molecule has 1 aliphatic heterocycles. The molecule has 1 heterocycles. The molecule has 0 saturated carbocycles. The standard InChI is InChI=1S/C27H25N3O4/c1-2-34-21-15-13-20(14-16-21)28-25(31)18-24-27(33)29-22-10-6-7-11-23(22)30(24)26(32)17-12-19-8-4-3-5-9-19/h3-17,24H,2,18H2,1H3,(H,28,31)(H,29,33)/b17-12+/t24-/m0/s1. The monoisotopic (exact) mass is 455 g/mol. The molecule has 7 nitrogen and oxygen atoms in total. The van der Waals surface area contributed by atoms with Gasteiger partial charge in [-0.1, -0.05) is 42.5 Å². The molecule has 0 unspecified atom stereocenters. The molecule has 3 amide bonds. The van der Waals surface area contributed by atoms with Crippen LogP contribution in [0.2, 0.25) is 0 Å². The van der Waals surface area contributed by atoms with Crippen LogP contribution in [-0.2, 0) is 14.4 Å². The van der Waals surface area contributed by atoms with Crippen molar-refractivity contribution in [2.24, 2.45) is 0 Å². The molecule has 0 aromatic heterocycles. The molecule has 0 bridgehead atoms. The fourth-order valence-electron chi connectivity index (χ4n) is 3.75. The van der Waals surface area contributed by atoms with Gasteiger partial charge >= 0.3 is 0 Å². The minimum absolute atomic E-state index is 0.196. The molecule has 7 heteroatoms. The number of hydrogen-bond acceptors (Lipinski definition) is 4. The molecule has 34 heavy (non-hydrogen) atoms. The minimum Gasteiger partial charge on any atom is -0.494 e. The summed E-state index contributed by atoms with van der Waals surface area (Å²) < 4.78 is 5.41. The van der Waals surface area contributed by atoms with Crippen LogP contribution in [0.25, 0.3) is 6.08 Å². The van der Waals surface area contributed by atoms with Gasteiger partial charge in [0.25, 0.3) is 5.91 Å². The third-order valence-corrected chi connectivity index (χ3v) is 5.32. The first kappa shape index (κ1) is 22.8. The highest BCUT2D eigenvalue weighted by atomic mass is 16.5. The Morgan fingerprint density at radius 3 is 2.44 bits per heavy atom. The van der Waals surface area contributed by atoms with Gasteiger partial charge in [-0.3, -0.25) is 19.3 Å². The summed E-state index contributed by atoms with van der Waals surface area (Å²) in [4.78, 5) is 40.4. The maximum absolute atomic E-state index is 13.2. The molecule has 3 aromatic carbocycles. The Kier molecular flexibility index (Phi) is 7.03. The second-order valence-electron chi connectivity index (χ2n) is 7.68. The number of amides is 3. The normalized spacial score (nSPS) is 14.9. The van der Waals surface area contributed by atoms with Crippen LogP contribution >= 0.6 is 0 Å². The second-order valence-corrected chi connectivity index (χ2v) is 7.68. The first-order valence-corrected chi connectivity index (χ1v) is 11.0. The van der Waals surface area contributed by atoms with Crippen molar-refractivity contribution in [1.29, 1.82) is 0 Å². The van der Waals surface area contributed by atoms with E-state index in [4.69, 9.17) is 4.74 Å². The number of carbonyl (C=O) groups is 3. The molecule has 0 saturated heterocycles. The minimum atomic E-state index is -0.995. The number of nitrogens with one attached hydrogen (secondary N) is 2. The number of fused-ring (bicyclic) bond motifs is 1. The molecule has 4 rings (SSSR count). The first-order chi connectivity index (χ1) is 16.5. The summed E-state index contributed by atoms with van der Waals surface area (Å²) in [5, 5.41) is 5.60. The van der Waals surface area contributed by atoms with Crippen LogP contribution in [0, 0.1) is 0 Å². The van der Waals surface area contributed by atoms with E-state index in [1.807, 2.05) is 37.3 Å². The van der Waals surface area contributed by atoms with Crippen molar-refractivity contribution in [3.8, 4) is 5.75 Å². The van der Waals surface area contributed by atoms with Crippen LogP contribution in [0.1, 0.15) is 18.9 Å². The van der Waals surface area contributed by atoms with Crippen molar-refractivity contribution in [3.05, 3.63) is 90.5 Å². The van der Waals surface area contributed by atoms with Gasteiger partial charge in [0.05, 0.1) is 24.4 Å². The Balaban J connectivity index is 1.55. The number of nitrogens with zero attached hydrogens (tertiary/aromatic N) is 1. The number of para-hydroxylation sites is 2. The number of ether oxygens (including phenoxy) is 1. The lowest BCUT2D eigenvalue weighted by Gasteiger charge is -2.35. The lowest BCUT2D eigenvalue weighted by atomic mass is 10.0. The van der Waals surface area contributed by atoms with E-state index in [1.165, 1.54) is 11.0 Å². The lowest BCUT2D eigenvalue weighted by Crippen LogP contribution is -2.52. The molecule has 0 spiro atoms. The van der Waals surface area contributed by atoms with Crippen LogP contribution in [0.15, 0.2) is 84.9 Å². The van der Waals surface area contributed by atoms with Crippen LogP contribution in [-0.4, -0.2) is 30.4 Å². The van der Waals surface area contributed by atoms with Gasteiger partial charge in [0, 0.05) is 11.8 Å². The Hall–Kier alpha value is -4.39. The highest BCUT2D eigenvalue weighted by molar-refractivity contribution is 6.16. The quantitative estimate of drug-likeness (QED) is 0.514. The molecule has 0 aliphatic carbocycles. The van der Waals surface area contributed by atoms with Crippen molar-refractivity contribution in [2.45, 2.75) is 19.4 Å². The third kappa shape index (κ3) is 5.32. The summed E-state index contributed by atoms with van der Waals surface area (Å²) in [6.07, 6.45) is 2.91. The van der Waals surface area contributed by atoms with Crippen LogP contribution in [0.5, 0.6) is 5.75 Å². The van der Waals surface area contributed by atoms with Gasteiger partial charge in [-0.15, -0.1) is 0 Å². The molecule has 3 aromatic rings. The van der Waals surface area contributed by atoms with E-state index in [1.54, 1.807) is 54.6 Å². The largest absolute Gasteiger partial charge is 0.494 e. The van der Waals surface area contributed by atoms with Gasteiger partial charge in [0.1, 0.15) is 11.8 Å². The SMILES string of the molecule is CCOc1ccc(NC(=O)C[C@H]2C(=O)Nc3ccccc3N2C(=O)/C=C/c2ccccc2)cc1. The molecule has 1 aliphatic rings. The van der Waals surface area contributed by atoms with Gasteiger partial charge < -0.3 is 15.4 Å². The average molecular weight is 456 g/mol. The molecule has 2 N–H and O–H groups in total. The Morgan fingerprint density at radius 1 is 1.00 bits per heavy atom. The molecule has 172 valence electrons. The average Bonchev–Trinajstić information content (AvgIpc) is 2.85. The van der Waals surface area contributed by atoms with Gasteiger partial charge in [0.2, 0.25) is 11.8 Å². The van der Waals surface area contributed by atoms with Crippen LogP contribution in [0.3, 0.4) is 0 Å². The predicted octanol–water partition coefficient (Wildman–Crippen LogP) is 4.48. The topological polar surface area (TPSA) is 87.7 Å². The van der Waals surface area contributed by atoms with E-state index < -0.39 is 11.9 Å². The zero-order valence-electron chi connectivity index (χ0n) is 18.7. The van der Waals surface area contributed by atoms with Gasteiger partial charge in [-0.05, 0) is 55.0 Å². The zero-order chi connectivity index (χ0) is 23.9. The highest BCUT2D eigenvalue weighted by Crippen LogP contribution is 2.33. The third-order valence-electron chi connectivity index (χ3n) is 5.32. The van der Waals surface area contributed by atoms with Crippen molar-refractivity contribution in [1.82, 2.24) is 0 Å². The molecule has 0 radical (unpaired) electrons. The molecular formula is C27H25N3O4. The maximum atomic E-state index is 13.2. The van der Waals surface area contributed by atoms with E-state index in [-0.39, 0.29) is 18.2 Å². The fourth-order valence-corrected chi connectivity index (χ4v) is 3.75. The lowest BCUT2D eigenvalue weighted by molar-refractivity contribution is -0.124. The molecule has 0 fully saturated rings. The van der Waals surface area contributed by atoms with E-state index >= 15 is 0 Å². The summed E-state index contributed by atoms with van der Waals surface area (Å²) in [6.45, 7) is 2.44. The summed E-state index contributed by atoms with van der Waals surface area (Å²) in [5.41, 5.74) is 2.50. The predicted molar refractivity (Wildman–Crippen MR) is 133 cm³/mol. The summed E-state index contributed by atoms with van der Waals surface area (Å²) in [7, 11) is 0. The van der Waals surface area contributed by atoms with E-state index in [0.717, 1.165) is 5.56 Å². The van der Waals surface area contributed by atoms with E-state index in [9.17, 15) is 14.4 Å². The highest BCUT2D eigenvalue weighted by Gasteiger charge is 2.37. The maximum Gasteiger partial charge on any atom is 0.251 e. The summed E-state index contributed by atoms with van der Waals surface area (Å²) in [5.74, 6) is -0.480. The summed E-state index contributed by atoms with van der Waals surface area (Å²) in [6, 6.07) is 22.4. The fraction of sp³-hybridized carbons (Fsp3) is 0.148. The summed E-state index contributed by atoms with van der Waals surface area (Å²) >= 11 is 0. The van der Waals surface area contributed by atoms with Crippen LogP contribution in [0.4, 0.5) is 17.1 Å². The van der Waals surface area contributed by atoms with Gasteiger partial charge in [-0.2, -0.15) is 0 Å². The zero-order valence-corrected chi connectivity index (χ0v) is 18.7. The van der Waals surface area contributed by atoms with E-state index in [2.05, 4.69) is 10.6 Å². The van der Waals surface area contributed by atoms with Gasteiger partial charge in [-0.25, -0.2) is 0 Å². The van der Waals surface area contributed by atoms with Crippen LogP contribution < -0.4 is 20.3 Å². The first-order valence-electron chi connectivity index (χ1n) is 11.0. The van der Waals surface area contributed by atoms with Crippen molar-refractivity contribution < 1.29 is 19.1 Å². The Morgan fingerprint density at radius 2 is 1.71 bits per heavy atom. The number of rotatable bonds is 7. The Labute approximate surface area is 198 Å². The number of anilines is 3. The number of benzene rings is 3. The molecular weight excluding hydrogens is 430 g/mol. The number of hydrogen-bond donors (Lipinski definition) is 2. The van der Waals surface area contributed by atoms with Crippen molar-refractivity contribution >= 4 is 40.9 Å². The Bertz CT molecular complexity index is 1210. The van der Waals surface area contributed by atoms with Crippen molar-refractivity contribution in [2.75, 3.05) is 22.1 Å². The number of carbonyl (C=O) groups excluding carboxylic acids is 3. The second kappa shape index (κ2) is 10.5. The van der Waals surface area contributed by atoms with Gasteiger partial charge in [0.15, 0.2) is 0 Å². The molecule has 1 atom stereocenters. The smallest absolute Gasteiger partial charge is 0.251 e. The van der Waals surface area contributed by atoms with Crippen molar-refractivity contribution in [3.63, 3.8) is 0 Å².